The van der Waals surface area contributed by atoms with Gasteiger partial charge in [0.1, 0.15) is 18.3 Å². The number of carbonyl (C=O) groups is 1. The normalized spacial score (nSPS) is 40.8. The second-order valence-corrected chi connectivity index (χ2v) is 3.24. The molecule has 4 heteroatoms. The van der Waals surface area contributed by atoms with Gasteiger partial charge in [-0.05, 0) is 13.8 Å². The van der Waals surface area contributed by atoms with Crippen LogP contribution in [0.4, 0.5) is 0 Å². The Bertz CT molecular complexity index is 192. The third-order valence-corrected chi connectivity index (χ3v) is 2.39. The van der Waals surface area contributed by atoms with E-state index < -0.39 is 12.2 Å². The molecule has 0 N–H and O–H groups in total. The molecule has 0 unspecified atom stereocenters. The predicted octanol–water partition coefficient (Wildman–Crippen LogP) is 0.393. The summed E-state index contributed by atoms with van der Waals surface area (Å²) in [5.74, 6) is -0.0487. The summed E-state index contributed by atoms with van der Waals surface area (Å²) < 4.78 is 15.6. The first-order valence-corrected chi connectivity index (χ1v) is 4.36. The first-order valence-electron chi connectivity index (χ1n) is 4.36. The Hall–Kier alpha value is -0.450. The topological polar surface area (TPSA) is 44.8 Å². The fourth-order valence-corrected chi connectivity index (χ4v) is 1.67. The molecule has 76 valence electrons. The van der Waals surface area contributed by atoms with Crippen molar-refractivity contribution in [1.82, 2.24) is 0 Å². The van der Waals surface area contributed by atoms with Crippen LogP contribution in [-0.2, 0) is 19.0 Å². The van der Waals surface area contributed by atoms with Gasteiger partial charge >= 0.3 is 0 Å². The standard InChI is InChI=1S/C9H16O4/c1-5-7(10)9(12-4)8(11-3)6(2)13-5/h5-6,8-9H,1-4H3/t5-,6-,8-,9-/m0/s1. The van der Waals surface area contributed by atoms with Crippen LogP contribution in [0.1, 0.15) is 13.8 Å². The summed E-state index contributed by atoms with van der Waals surface area (Å²) in [5, 5.41) is 0. The predicted molar refractivity (Wildman–Crippen MR) is 46.6 cm³/mol. The van der Waals surface area contributed by atoms with Gasteiger partial charge in [-0.1, -0.05) is 0 Å². The second kappa shape index (κ2) is 4.17. The number of hydrogen-bond donors (Lipinski definition) is 0. The zero-order valence-corrected chi connectivity index (χ0v) is 8.44. The van der Waals surface area contributed by atoms with Crippen LogP contribution >= 0.6 is 0 Å². The van der Waals surface area contributed by atoms with Crippen molar-refractivity contribution in [2.75, 3.05) is 14.2 Å². The summed E-state index contributed by atoms with van der Waals surface area (Å²) in [6, 6.07) is 0. The number of carbonyl (C=O) groups excluding carboxylic acids is 1. The van der Waals surface area contributed by atoms with Crippen molar-refractivity contribution < 1.29 is 19.0 Å². The van der Waals surface area contributed by atoms with E-state index in [1.54, 1.807) is 14.0 Å². The third-order valence-electron chi connectivity index (χ3n) is 2.39. The molecule has 0 aromatic heterocycles. The summed E-state index contributed by atoms with van der Waals surface area (Å²) in [4.78, 5) is 11.5. The number of ether oxygens (including phenoxy) is 3. The SMILES string of the molecule is CO[C@H]1[C@H](C)O[C@@H](C)C(=O)[C@@H]1OC. The molecular formula is C9H16O4. The zero-order chi connectivity index (χ0) is 10.0. The lowest BCUT2D eigenvalue weighted by molar-refractivity contribution is -0.186. The molecule has 0 bridgehead atoms. The van der Waals surface area contributed by atoms with E-state index in [0.29, 0.717) is 0 Å². The average molecular weight is 188 g/mol. The molecule has 1 heterocycles. The zero-order valence-electron chi connectivity index (χ0n) is 8.44. The molecule has 4 atom stereocenters. The van der Waals surface area contributed by atoms with Crippen molar-refractivity contribution in [3.8, 4) is 0 Å². The van der Waals surface area contributed by atoms with E-state index >= 15 is 0 Å². The highest BCUT2D eigenvalue weighted by atomic mass is 16.6. The van der Waals surface area contributed by atoms with Crippen molar-refractivity contribution in [1.29, 1.82) is 0 Å². The average Bonchev–Trinajstić information content (AvgIpc) is 2.10. The van der Waals surface area contributed by atoms with E-state index in [1.165, 1.54) is 7.11 Å². The molecule has 1 fully saturated rings. The van der Waals surface area contributed by atoms with Crippen LogP contribution < -0.4 is 0 Å². The minimum absolute atomic E-state index is 0.0487. The summed E-state index contributed by atoms with van der Waals surface area (Å²) in [6.07, 6.45) is -1.30. The number of hydrogen-bond acceptors (Lipinski definition) is 4. The van der Waals surface area contributed by atoms with Crippen LogP contribution in [-0.4, -0.2) is 44.4 Å². The Kier molecular flexibility index (Phi) is 3.41. The monoisotopic (exact) mass is 188 g/mol. The maximum Gasteiger partial charge on any atom is 0.192 e. The maximum atomic E-state index is 11.5. The Morgan fingerprint density at radius 1 is 1.23 bits per heavy atom. The Labute approximate surface area is 78.2 Å². The molecule has 0 aromatic carbocycles. The lowest BCUT2D eigenvalue weighted by Gasteiger charge is -2.36. The number of ketones is 1. The number of rotatable bonds is 2. The van der Waals surface area contributed by atoms with Crippen LogP contribution in [0.3, 0.4) is 0 Å². The van der Waals surface area contributed by atoms with E-state index in [-0.39, 0.29) is 18.0 Å². The van der Waals surface area contributed by atoms with Crippen LogP contribution in [0.25, 0.3) is 0 Å². The first kappa shape index (κ1) is 10.6. The molecule has 4 nitrogen and oxygen atoms in total. The largest absolute Gasteiger partial charge is 0.376 e. The molecule has 1 aliphatic rings. The van der Waals surface area contributed by atoms with E-state index in [1.807, 2.05) is 6.92 Å². The van der Waals surface area contributed by atoms with Gasteiger partial charge in [-0.3, -0.25) is 4.79 Å². The summed E-state index contributed by atoms with van der Waals surface area (Å²) in [7, 11) is 3.07. The third kappa shape index (κ3) is 1.90. The quantitative estimate of drug-likeness (QED) is 0.629. The lowest BCUT2D eigenvalue weighted by Crippen LogP contribution is -2.54. The Balaban J connectivity index is 2.77. The van der Waals surface area contributed by atoms with E-state index in [0.717, 1.165) is 0 Å². The van der Waals surface area contributed by atoms with Gasteiger partial charge in [0, 0.05) is 14.2 Å². The van der Waals surface area contributed by atoms with Gasteiger partial charge < -0.3 is 14.2 Å². The van der Waals surface area contributed by atoms with Gasteiger partial charge in [0.25, 0.3) is 0 Å². The van der Waals surface area contributed by atoms with Crippen molar-refractivity contribution in [3.63, 3.8) is 0 Å². The number of methoxy groups -OCH3 is 2. The Morgan fingerprint density at radius 3 is 2.31 bits per heavy atom. The van der Waals surface area contributed by atoms with Crippen LogP contribution in [0.15, 0.2) is 0 Å². The molecule has 0 radical (unpaired) electrons. The first-order chi connectivity index (χ1) is 6.11. The highest BCUT2D eigenvalue weighted by Crippen LogP contribution is 2.21. The summed E-state index contributed by atoms with van der Waals surface area (Å²) in [6.45, 7) is 3.61. The molecule has 1 saturated heterocycles. The van der Waals surface area contributed by atoms with E-state index in [2.05, 4.69) is 0 Å². The summed E-state index contributed by atoms with van der Waals surface area (Å²) >= 11 is 0. The van der Waals surface area contributed by atoms with Gasteiger partial charge in [-0.25, -0.2) is 0 Å². The molecule has 13 heavy (non-hydrogen) atoms. The maximum absolute atomic E-state index is 11.5. The molecule has 0 spiro atoms. The molecule has 0 aliphatic carbocycles. The number of Topliss-reactive ketones (excluding diaryl/α,β-unsaturated/α-hetero) is 1. The minimum Gasteiger partial charge on any atom is -0.376 e. The minimum atomic E-state index is -0.497. The van der Waals surface area contributed by atoms with Gasteiger partial charge in [-0.2, -0.15) is 0 Å². The van der Waals surface area contributed by atoms with Gasteiger partial charge in [-0.15, -0.1) is 0 Å². The molecular weight excluding hydrogens is 172 g/mol. The van der Waals surface area contributed by atoms with Crippen molar-refractivity contribution in [2.45, 2.75) is 38.3 Å². The fourth-order valence-electron chi connectivity index (χ4n) is 1.67. The molecule has 1 aliphatic heterocycles. The smallest absolute Gasteiger partial charge is 0.192 e. The van der Waals surface area contributed by atoms with Crippen LogP contribution in [0.2, 0.25) is 0 Å². The van der Waals surface area contributed by atoms with Crippen LogP contribution in [0, 0.1) is 0 Å². The molecule has 0 aromatic rings. The van der Waals surface area contributed by atoms with E-state index in [9.17, 15) is 4.79 Å². The molecule has 0 saturated carbocycles. The second-order valence-electron chi connectivity index (χ2n) is 3.24. The van der Waals surface area contributed by atoms with Crippen molar-refractivity contribution >= 4 is 5.78 Å². The fraction of sp³-hybridized carbons (Fsp3) is 0.889. The highest BCUT2D eigenvalue weighted by molar-refractivity contribution is 5.88. The van der Waals surface area contributed by atoms with Gasteiger partial charge in [0.15, 0.2) is 5.78 Å². The van der Waals surface area contributed by atoms with Gasteiger partial charge in [0.2, 0.25) is 0 Å². The van der Waals surface area contributed by atoms with Gasteiger partial charge in [0.05, 0.1) is 6.10 Å². The van der Waals surface area contributed by atoms with Crippen molar-refractivity contribution in [3.05, 3.63) is 0 Å². The van der Waals surface area contributed by atoms with Crippen LogP contribution in [0.5, 0.6) is 0 Å². The molecule has 1 rings (SSSR count). The van der Waals surface area contributed by atoms with Crippen molar-refractivity contribution in [2.24, 2.45) is 0 Å². The lowest BCUT2D eigenvalue weighted by atomic mass is 9.98. The highest BCUT2D eigenvalue weighted by Gasteiger charge is 2.41. The Morgan fingerprint density at radius 2 is 1.85 bits per heavy atom. The summed E-state index contributed by atoms with van der Waals surface area (Å²) in [5.41, 5.74) is 0. The van der Waals surface area contributed by atoms with E-state index in [4.69, 9.17) is 14.2 Å². The molecule has 0 amide bonds.